The molecular formula is C54H53ClF5N9O7. The summed E-state index contributed by atoms with van der Waals surface area (Å²) < 4.78 is 95.0. The van der Waals surface area contributed by atoms with Crippen molar-refractivity contribution >= 4 is 56.9 Å². The fourth-order valence-corrected chi connectivity index (χ4v) is 12.4. The smallest absolute Gasteiger partial charge is 0.418 e. The lowest BCUT2D eigenvalue weighted by Crippen LogP contribution is -2.54. The summed E-state index contributed by atoms with van der Waals surface area (Å²) in [6, 6.07) is 8.59. The summed E-state index contributed by atoms with van der Waals surface area (Å²) in [7, 11) is 0. The Morgan fingerprint density at radius 2 is 1.80 bits per heavy atom. The Morgan fingerprint density at radius 3 is 2.54 bits per heavy atom. The van der Waals surface area contributed by atoms with Crippen molar-refractivity contribution < 1.29 is 50.9 Å². The predicted octanol–water partition coefficient (Wildman–Crippen LogP) is 7.98. The lowest BCUT2D eigenvalue weighted by Gasteiger charge is -2.41. The number of hydrogen-bond acceptors (Lipinski definition) is 14. The van der Waals surface area contributed by atoms with E-state index < -0.39 is 63.2 Å². The fraction of sp³-hybridized carbons (Fsp3) is 0.426. The molecule has 9 heterocycles. The normalized spacial score (nSPS) is 22.2. The molecule has 398 valence electrons. The summed E-state index contributed by atoms with van der Waals surface area (Å²) in [5, 5.41) is 11.8. The largest absolute Gasteiger partial charge is 0.489 e. The van der Waals surface area contributed by atoms with E-state index in [9.17, 15) is 37.1 Å². The second kappa shape index (κ2) is 18.6. The van der Waals surface area contributed by atoms with Gasteiger partial charge in [0.05, 0.1) is 56.4 Å². The molecule has 2 aromatic carbocycles. The van der Waals surface area contributed by atoms with Gasteiger partial charge in [-0.15, -0.1) is 0 Å². The summed E-state index contributed by atoms with van der Waals surface area (Å²) in [5.41, 5.74) is 3.71. The highest BCUT2D eigenvalue weighted by atomic mass is 35.5. The van der Waals surface area contributed by atoms with Crippen LogP contribution in [0, 0.1) is 12.7 Å². The quantitative estimate of drug-likeness (QED) is 0.0720. The van der Waals surface area contributed by atoms with Gasteiger partial charge < -0.3 is 39.4 Å². The molecule has 4 aromatic heterocycles. The first kappa shape index (κ1) is 51.2. The molecule has 5 aliphatic rings. The van der Waals surface area contributed by atoms with Crippen molar-refractivity contribution in [3.63, 3.8) is 0 Å². The third kappa shape index (κ3) is 8.27. The van der Waals surface area contributed by atoms with E-state index in [4.69, 9.17) is 41.5 Å². The number of aryl methyl sites for hydroxylation is 2. The van der Waals surface area contributed by atoms with Gasteiger partial charge in [-0.1, -0.05) is 32.0 Å². The highest BCUT2D eigenvalue weighted by Gasteiger charge is 2.50. The molecule has 0 aliphatic carbocycles. The van der Waals surface area contributed by atoms with E-state index in [0.29, 0.717) is 42.0 Å². The number of aromatic nitrogens is 5. The molecule has 5 aliphatic heterocycles. The lowest BCUT2D eigenvalue weighted by molar-refractivity contribution is -0.172. The lowest BCUT2D eigenvalue weighted by atomic mass is 9.86. The first-order chi connectivity index (χ1) is 36.1. The van der Waals surface area contributed by atoms with Crippen LogP contribution >= 0.6 is 11.6 Å². The number of pyridine rings is 3. The van der Waals surface area contributed by atoms with E-state index >= 15 is 4.39 Å². The van der Waals surface area contributed by atoms with E-state index in [1.807, 2.05) is 29.7 Å². The Morgan fingerprint density at radius 1 is 1.01 bits per heavy atom. The molecule has 3 fully saturated rings. The maximum absolute atomic E-state index is 17.2. The number of cyclic esters (lactones) is 1. The molecule has 0 bridgehead atoms. The van der Waals surface area contributed by atoms with Crippen molar-refractivity contribution in [2.75, 3.05) is 56.6 Å². The van der Waals surface area contributed by atoms with Gasteiger partial charge in [0, 0.05) is 66.1 Å². The number of carbonyl (C=O) groups is 2. The van der Waals surface area contributed by atoms with E-state index in [2.05, 4.69) is 16.5 Å². The van der Waals surface area contributed by atoms with Crippen molar-refractivity contribution in [2.24, 2.45) is 0 Å². The minimum Gasteiger partial charge on any atom is -0.489 e. The molecule has 0 saturated carbocycles. The third-order valence-corrected chi connectivity index (χ3v) is 16.2. The number of nitrogen functional groups attached to an aromatic ring is 1. The van der Waals surface area contributed by atoms with E-state index in [1.165, 1.54) is 13.0 Å². The third-order valence-electron chi connectivity index (χ3n) is 15.9. The zero-order valence-corrected chi connectivity index (χ0v) is 42.8. The number of piperazine rings is 1. The van der Waals surface area contributed by atoms with Gasteiger partial charge in [-0.3, -0.25) is 14.5 Å². The number of hydrogen-bond donors (Lipinski definition) is 2. The number of carbonyl (C=O) groups excluding carboxylic acids is 2. The number of esters is 1. The molecule has 6 aromatic rings. The molecule has 1 amide bonds. The van der Waals surface area contributed by atoms with Crippen molar-refractivity contribution in [3.8, 4) is 34.4 Å². The molecule has 0 spiro atoms. The molecule has 0 radical (unpaired) electrons. The van der Waals surface area contributed by atoms with Gasteiger partial charge in [-0.25, -0.2) is 23.5 Å². The van der Waals surface area contributed by atoms with E-state index in [-0.39, 0.29) is 128 Å². The highest BCUT2D eigenvalue weighted by Crippen LogP contribution is 2.47. The number of rotatable bonds is 11. The maximum atomic E-state index is 17.2. The van der Waals surface area contributed by atoms with Gasteiger partial charge >= 0.3 is 18.2 Å². The number of nitrogens with two attached hydrogens (primary N) is 1. The number of fused-ring (bicyclic) bond motifs is 7. The number of ether oxygens (including phenoxy) is 3. The molecule has 76 heavy (non-hydrogen) atoms. The minimum atomic E-state index is -4.95. The molecule has 3 saturated heterocycles. The SMILES string of the molecule is C=C(COc1ccc2nc3c(c(CC)c2c1)Cn1c-3cc2c(c1=O)COC(=O)C2(O)CC)C(=O)N1CCN(c2nc(OCC34CCCN3CC(F)C4)nc3c(F)c(-c4nc(N)cc(C)c4C(F)(F)F)c(Cl)cc23)C(C)C1. The Labute approximate surface area is 437 Å². The second-order valence-electron chi connectivity index (χ2n) is 20.5. The van der Waals surface area contributed by atoms with Crippen LogP contribution in [0.3, 0.4) is 0 Å². The second-order valence-corrected chi connectivity index (χ2v) is 20.9. The monoisotopic (exact) mass is 1070 g/mol. The Hall–Kier alpha value is -6.97. The predicted molar refractivity (Wildman–Crippen MR) is 272 cm³/mol. The average Bonchev–Trinajstić information content (AvgIpc) is 4.06. The van der Waals surface area contributed by atoms with Crippen LogP contribution in [0.2, 0.25) is 5.02 Å². The summed E-state index contributed by atoms with van der Waals surface area (Å²) in [5.74, 6) is -2.06. The summed E-state index contributed by atoms with van der Waals surface area (Å²) in [6.45, 7) is 11.9. The molecular weight excluding hydrogens is 1020 g/mol. The number of anilines is 2. The topological polar surface area (TPSA) is 191 Å². The fourth-order valence-electron chi connectivity index (χ4n) is 12.1. The van der Waals surface area contributed by atoms with E-state index in [0.717, 1.165) is 29.0 Å². The number of benzene rings is 2. The highest BCUT2D eigenvalue weighted by molar-refractivity contribution is 6.34. The zero-order chi connectivity index (χ0) is 53.9. The van der Waals surface area contributed by atoms with Gasteiger partial charge in [0.1, 0.15) is 48.9 Å². The molecule has 22 heteroatoms. The molecule has 16 nitrogen and oxygen atoms in total. The number of nitrogens with zero attached hydrogens (tertiary/aromatic N) is 8. The van der Waals surface area contributed by atoms with Crippen molar-refractivity contribution in [1.29, 1.82) is 0 Å². The van der Waals surface area contributed by atoms with Crippen molar-refractivity contribution in [2.45, 2.75) is 102 Å². The summed E-state index contributed by atoms with van der Waals surface area (Å²) in [4.78, 5) is 64.1. The van der Waals surface area contributed by atoms with Crippen LogP contribution < -0.4 is 25.7 Å². The standard InChI is InChI=1S/C54H53ClF5N9O7/c1-6-31-32-16-30(9-10-38(32)62-44-34(31)22-69-39(44)18-36-35(49(69)71)24-75-50(72)53(36,73)7-2)74-23-27(4)48(70)66-13-14-68(28(5)20-66)47-33-17-37(55)41(46-42(54(58,59)60)26(3)15-40(61)63-46)43(57)45(33)64-51(65-47)76-25-52-11-8-12-67(52)21-29(56)19-52/h9-10,15-18,28-29,73H,4,6-8,11-14,19-25H2,1-3,5H3,(H2,61,63). The number of halogens is 6. The molecule has 11 rings (SSSR count). The summed E-state index contributed by atoms with van der Waals surface area (Å²) in [6.07, 6.45) is -3.71. The first-order valence-electron chi connectivity index (χ1n) is 25.2. The first-order valence-corrected chi connectivity index (χ1v) is 25.6. The number of alkyl halides is 4. The van der Waals surface area contributed by atoms with Crippen LogP contribution in [0.4, 0.5) is 33.6 Å². The molecule has 3 N–H and O–H groups in total. The average molecular weight is 1070 g/mol. The van der Waals surface area contributed by atoms with Gasteiger partial charge in [0.15, 0.2) is 11.4 Å². The Kier molecular flexibility index (Phi) is 12.6. The van der Waals surface area contributed by atoms with Gasteiger partial charge in [0.2, 0.25) is 0 Å². The van der Waals surface area contributed by atoms with Crippen LogP contribution in [0.15, 0.2) is 53.3 Å². The Bertz CT molecular complexity index is 3540. The summed E-state index contributed by atoms with van der Waals surface area (Å²) >= 11 is 6.73. The van der Waals surface area contributed by atoms with Crippen molar-refractivity contribution in [3.05, 3.63) is 103 Å². The zero-order valence-electron chi connectivity index (χ0n) is 42.0. The van der Waals surface area contributed by atoms with Gasteiger partial charge in [-0.2, -0.15) is 23.1 Å². The van der Waals surface area contributed by atoms with Crippen LogP contribution in [-0.2, 0) is 45.7 Å². The van der Waals surface area contributed by atoms with Crippen LogP contribution in [-0.4, -0.2) is 115 Å². The van der Waals surface area contributed by atoms with Crippen LogP contribution in [0.5, 0.6) is 11.8 Å². The van der Waals surface area contributed by atoms with Crippen LogP contribution in [0.25, 0.3) is 44.5 Å². The van der Waals surface area contributed by atoms with Crippen molar-refractivity contribution in [1.82, 2.24) is 34.3 Å². The van der Waals surface area contributed by atoms with Gasteiger partial charge in [0.25, 0.3) is 11.5 Å². The molecule has 4 atom stereocenters. The minimum absolute atomic E-state index is 0.0136. The number of amides is 1. The van der Waals surface area contributed by atoms with Gasteiger partial charge in [-0.05, 0) is 93.6 Å². The number of aliphatic hydroxyl groups is 1. The van der Waals surface area contributed by atoms with E-state index in [1.54, 1.807) is 34.6 Å². The molecule has 4 unspecified atom stereocenters. The van der Waals surface area contributed by atoms with Crippen LogP contribution in [0.1, 0.15) is 79.8 Å². The Balaban J connectivity index is 0.842. The maximum Gasteiger partial charge on any atom is 0.418 e.